The molecule has 1 N–H and O–H groups in total. The van der Waals surface area contributed by atoms with Crippen molar-refractivity contribution >= 4 is 40.6 Å². The lowest BCUT2D eigenvalue weighted by Crippen LogP contribution is -2.37. The maximum absolute atomic E-state index is 12.1. The number of carbonyl (C=O) groups is 5. The number of benzene rings is 1. The Bertz CT molecular complexity index is 775. The van der Waals surface area contributed by atoms with Crippen molar-refractivity contribution in [2.45, 2.75) is 0 Å². The first-order chi connectivity index (χ1) is 11.4. The van der Waals surface area contributed by atoms with Crippen LogP contribution >= 0.6 is 11.8 Å². The van der Waals surface area contributed by atoms with E-state index in [4.69, 9.17) is 0 Å². The molecular formula is C15H13N3O5S. The van der Waals surface area contributed by atoms with Crippen LogP contribution in [0.5, 0.6) is 0 Å². The number of rotatable bonds is 4. The highest BCUT2D eigenvalue weighted by Crippen LogP contribution is 2.22. The third-order valence-corrected chi connectivity index (χ3v) is 4.67. The summed E-state index contributed by atoms with van der Waals surface area (Å²) in [6.07, 6.45) is 0. The van der Waals surface area contributed by atoms with Gasteiger partial charge in [-0.25, -0.2) is 0 Å². The van der Waals surface area contributed by atoms with Crippen LogP contribution in [0.25, 0.3) is 0 Å². The molecule has 2 aliphatic rings. The first-order valence-corrected chi connectivity index (χ1v) is 8.10. The first-order valence-electron chi connectivity index (χ1n) is 7.12. The zero-order chi connectivity index (χ0) is 17.4. The van der Waals surface area contributed by atoms with E-state index >= 15 is 0 Å². The molecule has 0 aliphatic carbocycles. The molecule has 24 heavy (non-hydrogen) atoms. The summed E-state index contributed by atoms with van der Waals surface area (Å²) in [6.45, 7) is 0.211. The van der Waals surface area contributed by atoms with E-state index in [1.54, 1.807) is 0 Å². The van der Waals surface area contributed by atoms with Gasteiger partial charge in [-0.2, -0.15) is 0 Å². The van der Waals surface area contributed by atoms with Crippen molar-refractivity contribution in [3.8, 4) is 0 Å². The van der Waals surface area contributed by atoms with E-state index in [2.05, 4.69) is 5.32 Å². The average Bonchev–Trinajstić information content (AvgIpc) is 3.00. The lowest BCUT2D eigenvalue weighted by Gasteiger charge is -2.13. The van der Waals surface area contributed by atoms with Crippen LogP contribution in [0.2, 0.25) is 0 Å². The maximum atomic E-state index is 12.1. The van der Waals surface area contributed by atoms with Gasteiger partial charge >= 0.3 is 0 Å². The van der Waals surface area contributed by atoms with Crippen LogP contribution in [0.1, 0.15) is 31.1 Å². The Morgan fingerprint density at radius 2 is 1.88 bits per heavy atom. The highest BCUT2D eigenvalue weighted by molar-refractivity contribution is 8.14. The lowest BCUT2D eigenvalue weighted by atomic mass is 10.1. The van der Waals surface area contributed by atoms with Crippen LogP contribution in [-0.2, 0) is 4.79 Å². The van der Waals surface area contributed by atoms with Crippen molar-refractivity contribution < 1.29 is 24.0 Å². The summed E-state index contributed by atoms with van der Waals surface area (Å²) in [5.74, 6) is -1.44. The number of imide groups is 2. The number of thioether (sulfide) groups is 1. The van der Waals surface area contributed by atoms with E-state index in [1.807, 2.05) is 0 Å². The molecule has 2 heterocycles. The Kier molecular flexibility index (Phi) is 4.10. The zero-order valence-electron chi connectivity index (χ0n) is 12.7. The maximum Gasteiger partial charge on any atom is 0.288 e. The highest BCUT2D eigenvalue weighted by Gasteiger charge is 2.33. The van der Waals surface area contributed by atoms with Crippen LogP contribution in [0.4, 0.5) is 4.79 Å². The fourth-order valence-corrected chi connectivity index (χ4v) is 3.23. The van der Waals surface area contributed by atoms with E-state index in [1.165, 1.54) is 25.2 Å². The summed E-state index contributed by atoms with van der Waals surface area (Å²) in [7, 11) is 1.38. The molecule has 8 nitrogen and oxygen atoms in total. The number of amides is 5. The third kappa shape index (κ3) is 2.67. The van der Waals surface area contributed by atoms with Gasteiger partial charge in [-0.15, -0.1) is 0 Å². The van der Waals surface area contributed by atoms with Gasteiger partial charge in [0.15, 0.2) is 0 Å². The molecule has 9 heteroatoms. The minimum atomic E-state index is -0.449. The average molecular weight is 347 g/mol. The van der Waals surface area contributed by atoms with Gasteiger partial charge in [0.2, 0.25) is 5.91 Å². The molecule has 0 unspecified atom stereocenters. The number of hydrogen-bond donors (Lipinski definition) is 1. The standard InChI is InChI=1S/C15H13N3O5S/c1-17-13(21)9-3-2-8(6-10(9)14(17)22)12(20)16-4-5-18-11(19)7-24-15(18)23/h2-3,6H,4-5,7H2,1H3,(H,16,20). The Morgan fingerprint density at radius 3 is 2.54 bits per heavy atom. The monoisotopic (exact) mass is 347 g/mol. The normalized spacial score (nSPS) is 16.9. The molecule has 5 amide bonds. The predicted molar refractivity (Wildman–Crippen MR) is 84.8 cm³/mol. The Balaban J connectivity index is 1.64. The summed E-state index contributed by atoms with van der Waals surface area (Å²) in [5.41, 5.74) is 0.694. The molecule has 1 aromatic rings. The molecule has 0 atom stereocenters. The fourth-order valence-electron chi connectivity index (χ4n) is 2.48. The molecule has 0 spiro atoms. The van der Waals surface area contributed by atoms with Crippen molar-refractivity contribution in [2.75, 3.05) is 25.9 Å². The van der Waals surface area contributed by atoms with Gasteiger partial charge < -0.3 is 5.32 Å². The topological polar surface area (TPSA) is 104 Å². The van der Waals surface area contributed by atoms with Crippen LogP contribution in [0.15, 0.2) is 18.2 Å². The Hall–Kier alpha value is -2.68. The first kappa shape index (κ1) is 16.2. The third-order valence-electron chi connectivity index (χ3n) is 3.81. The second-order valence-electron chi connectivity index (χ2n) is 5.29. The molecule has 0 saturated carbocycles. The smallest absolute Gasteiger partial charge is 0.288 e. The Morgan fingerprint density at radius 1 is 1.17 bits per heavy atom. The van der Waals surface area contributed by atoms with E-state index in [-0.39, 0.29) is 46.7 Å². The summed E-state index contributed by atoms with van der Waals surface area (Å²) < 4.78 is 0. The SMILES string of the molecule is CN1C(=O)c2ccc(C(=O)NCCN3C(=O)CSC3=O)cc2C1=O. The number of nitrogens with zero attached hydrogens (tertiary/aromatic N) is 2. The number of hydrogen-bond acceptors (Lipinski definition) is 6. The van der Waals surface area contributed by atoms with Crippen molar-refractivity contribution in [1.82, 2.24) is 15.1 Å². The summed E-state index contributed by atoms with van der Waals surface area (Å²) in [6, 6.07) is 4.27. The molecule has 2 aliphatic heterocycles. The largest absolute Gasteiger partial charge is 0.350 e. The van der Waals surface area contributed by atoms with Crippen LogP contribution < -0.4 is 5.32 Å². The summed E-state index contributed by atoms with van der Waals surface area (Å²) >= 11 is 0.933. The van der Waals surface area contributed by atoms with Crippen LogP contribution in [-0.4, -0.2) is 64.6 Å². The highest BCUT2D eigenvalue weighted by atomic mass is 32.2. The van der Waals surface area contributed by atoms with Crippen LogP contribution in [0.3, 0.4) is 0 Å². The molecule has 1 saturated heterocycles. The molecule has 1 aromatic carbocycles. The van der Waals surface area contributed by atoms with Gasteiger partial charge in [-0.1, -0.05) is 11.8 Å². The number of carbonyl (C=O) groups excluding carboxylic acids is 5. The van der Waals surface area contributed by atoms with Crippen molar-refractivity contribution in [2.24, 2.45) is 0 Å². The van der Waals surface area contributed by atoms with Gasteiger partial charge in [0, 0.05) is 25.7 Å². The zero-order valence-corrected chi connectivity index (χ0v) is 13.5. The Labute approximate surface area is 141 Å². The van der Waals surface area contributed by atoms with Gasteiger partial charge in [0.25, 0.3) is 23.0 Å². The van der Waals surface area contributed by atoms with Crippen molar-refractivity contribution in [1.29, 1.82) is 0 Å². The molecule has 124 valence electrons. The quantitative estimate of drug-likeness (QED) is 0.788. The number of fused-ring (bicyclic) bond motifs is 1. The van der Waals surface area contributed by atoms with Gasteiger partial charge in [0.1, 0.15) is 0 Å². The predicted octanol–water partition coefficient (Wildman–Crippen LogP) is 0.338. The van der Waals surface area contributed by atoms with E-state index in [0.717, 1.165) is 21.6 Å². The fraction of sp³-hybridized carbons (Fsp3) is 0.267. The molecule has 1 fully saturated rings. The minimum absolute atomic E-state index is 0.0987. The second-order valence-corrected chi connectivity index (χ2v) is 6.21. The van der Waals surface area contributed by atoms with Crippen molar-refractivity contribution in [3.05, 3.63) is 34.9 Å². The summed E-state index contributed by atoms with van der Waals surface area (Å²) in [4.78, 5) is 60.8. The summed E-state index contributed by atoms with van der Waals surface area (Å²) in [5, 5.41) is 2.27. The second kappa shape index (κ2) is 6.08. The molecule has 3 rings (SSSR count). The minimum Gasteiger partial charge on any atom is -0.350 e. The molecule has 0 aromatic heterocycles. The molecular weight excluding hydrogens is 334 g/mol. The molecule has 0 bridgehead atoms. The van der Waals surface area contributed by atoms with Crippen LogP contribution in [0, 0.1) is 0 Å². The van der Waals surface area contributed by atoms with Crippen molar-refractivity contribution in [3.63, 3.8) is 0 Å². The van der Waals surface area contributed by atoms with E-state index in [9.17, 15) is 24.0 Å². The lowest BCUT2D eigenvalue weighted by molar-refractivity contribution is -0.124. The van der Waals surface area contributed by atoms with E-state index < -0.39 is 17.7 Å². The van der Waals surface area contributed by atoms with E-state index in [0.29, 0.717) is 0 Å². The number of nitrogens with one attached hydrogen (secondary N) is 1. The van der Waals surface area contributed by atoms with Gasteiger partial charge in [-0.3, -0.25) is 33.8 Å². The van der Waals surface area contributed by atoms with Gasteiger partial charge in [0.05, 0.1) is 16.9 Å². The molecule has 0 radical (unpaired) electrons. The van der Waals surface area contributed by atoms with Gasteiger partial charge in [-0.05, 0) is 18.2 Å².